The van der Waals surface area contributed by atoms with Crippen LogP contribution in [-0.4, -0.2) is 33.4 Å². The molecule has 0 aromatic carbocycles. The molecule has 0 radical (unpaired) electrons. The number of hydrogen-bond donors (Lipinski definition) is 2. The Bertz CT molecular complexity index is 754. The van der Waals surface area contributed by atoms with E-state index < -0.39 is 12.3 Å². The fourth-order valence-electron chi connectivity index (χ4n) is 2.75. The van der Waals surface area contributed by atoms with Crippen LogP contribution in [-0.2, 0) is 10.2 Å². The molecule has 1 saturated heterocycles. The van der Waals surface area contributed by atoms with E-state index in [0.29, 0.717) is 29.6 Å². The third kappa shape index (κ3) is 3.77. The molecule has 2 atom stereocenters. The van der Waals surface area contributed by atoms with Gasteiger partial charge in [0.1, 0.15) is 12.0 Å². The average Bonchev–Trinajstić information content (AvgIpc) is 3.15. The minimum Gasteiger partial charge on any atom is -0.371 e. The largest absolute Gasteiger partial charge is 0.371 e. The zero-order valence-electron chi connectivity index (χ0n) is 14.4. The van der Waals surface area contributed by atoms with E-state index >= 15 is 0 Å². The van der Waals surface area contributed by atoms with Crippen LogP contribution in [0, 0.1) is 0 Å². The number of aromatic nitrogens is 2. The normalized spacial score (nSPS) is 19.3. The molecule has 134 valence electrons. The Morgan fingerprint density at radius 2 is 2.20 bits per heavy atom. The van der Waals surface area contributed by atoms with Crippen LogP contribution in [0.15, 0.2) is 28.9 Å². The molecule has 3 rings (SSSR count). The van der Waals surface area contributed by atoms with Crippen molar-refractivity contribution in [1.82, 2.24) is 10.1 Å². The molecule has 8 heteroatoms. The highest BCUT2D eigenvalue weighted by atomic mass is 35.5. The van der Waals surface area contributed by atoms with Crippen molar-refractivity contribution in [2.45, 2.75) is 51.3 Å². The number of amides is 1. The molecule has 2 aromatic heterocycles. The van der Waals surface area contributed by atoms with Crippen LogP contribution in [0.25, 0.3) is 0 Å². The number of carbonyl (C=O) groups excluding carboxylic acids is 1. The molecule has 25 heavy (non-hydrogen) atoms. The smallest absolute Gasteiger partial charge is 0.228 e. The zero-order chi connectivity index (χ0) is 18.2. The van der Waals surface area contributed by atoms with Gasteiger partial charge in [0.25, 0.3) is 0 Å². The first-order valence-corrected chi connectivity index (χ1v) is 8.49. The maximum atomic E-state index is 12.2. The zero-order valence-corrected chi connectivity index (χ0v) is 15.1. The molecule has 2 unspecified atom stereocenters. The van der Waals surface area contributed by atoms with Crippen LogP contribution in [0.2, 0.25) is 5.02 Å². The summed E-state index contributed by atoms with van der Waals surface area (Å²) < 4.78 is 5.25. The highest BCUT2D eigenvalue weighted by molar-refractivity contribution is 6.30. The summed E-state index contributed by atoms with van der Waals surface area (Å²) in [6.07, 6.45) is 1.32. The van der Waals surface area contributed by atoms with E-state index in [1.807, 2.05) is 20.8 Å². The molecule has 2 N–H and O–H groups in total. The van der Waals surface area contributed by atoms with Crippen LogP contribution >= 0.6 is 11.6 Å². The lowest BCUT2D eigenvalue weighted by Crippen LogP contribution is -2.45. The topological polar surface area (TPSA) is 91.5 Å². The maximum absolute atomic E-state index is 12.2. The molecule has 7 nitrogen and oxygen atoms in total. The highest BCUT2D eigenvalue weighted by Gasteiger charge is 2.38. The van der Waals surface area contributed by atoms with Crippen molar-refractivity contribution in [3.8, 4) is 0 Å². The van der Waals surface area contributed by atoms with Gasteiger partial charge in [-0.1, -0.05) is 37.5 Å². The molecular weight excluding hydrogens is 344 g/mol. The molecule has 3 heterocycles. The Kier molecular flexibility index (Phi) is 4.71. The lowest BCUT2D eigenvalue weighted by atomic mass is 9.92. The van der Waals surface area contributed by atoms with Gasteiger partial charge in [-0.25, -0.2) is 4.98 Å². The van der Waals surface area contributed by atoms with Gasteiger partial charge in [0.15, 0.2) is 0 Å². The van der Waals surface area contributed by atoms with E-state index in [9.17, 15) is 9.90 Å². The summed E-state index contributed by atoms with van der Waals surface area (Å²) in [6, 6.07) is 4.63. The monoisotopic (exact) mass is 364 g/mol. The van der Waals surface area contributed by atoms with E-state index in [-0.39, 0.29) is 11.3 Å². The van der Waals surface area contributed by atoms with Gasteiger partial charge in [-0.3, -0.25) is 9.69 Å². The molecule has 0 saturated carbocycles. The van der Waals surface area contributed by atoms with E-state index in [4.69, 9.17) is 16.1 Å². The Labute approximate surface area is 151 Å². The molecule has 1 aliphatic rings. The number of aliphatic hydroxyl groups excluding tert-OH is 1. The number of pyridine rings is 1. The molecule has 0 bridgehead atoms. The van der Waals surface area contributed by atoms with Gasteiger partial charge in [0, 0.05) is 24.1 Å². The Hall–Kier alpha value is -2.12. The average molecular weight is 365 g/mol. The summed E-state index contributed by atoms with van der Waals surface area (Å²) in [5.41, 5.74) is 0.623. The number of aliphatic hydroxyl groups is 1. The molecule has 0 aliphatic carbocycles. The van der Waals surface area contributed by atoms with Gasteiger partial charge in [0.2, 0.25) is 11.8 Å². The van der Waals surface area contributed by atoms with Crippen LogP contribution in [0.4, 0.5) is 11.7 Å². The van der Waals surface area contributed by atoms with Crippen molar-refractivity contribution in [2.75, 3.05) is 10.2 Å². The number of nitrogens with zero attached hydrogens (tertiary/aromatic N) is 3. The lowest BCUT2D eigenvalue weighted by molar-refractivity contribution is -0.117. The minimum absolute atomic E-state index is 0.0892. The van der Waals surface area contributed by atoms with Gasteiger partial charge in [0.05, 0.1) is 16.8 Å². The first-order valence-electron chi connectivity index (χ1n) is 8.11. The molecular formula is C17H21ClN4O3. The fraction of sp³-hybridized carbons (Fsp3) is 0.471. The summed E-state index contributed by atoms with van der Waals surface area (Å²) in [5, 5.41) is 18.0. The predicted molar refractivity (Wildman–Crippen MR) is 94.6 cm³/mol. The maximum Gasteiger partial charge on any atom is 0.228 e. The van der Waals surface area contributed by atoms with Crippen molar-refractivity contribution < 1.29 is 14.4 Å². The number of anilines is 2. The second-order valence-electron chi connectivity index (χ2n) is 7.12. The molecule has 1 fully saturated rings. The summed E-state index contributed by atoms with van der Waals surface area (Å²) in [4.78, 5) is 17.9. The second kappa shape index (κ2) is 6.65. The minimum atomic E-state index is -1.01. The van der Waals surface area contributed by atoms with Crippen molar-refractivity contribution in [2.24, 2.45) is 0 Å². The van der Waals surface area contributed by atoms with Gasteiger partial charge in [-0.05, 0) is 18.6 Å². The third-order valence-corrected chi connectivity index (χ3v) is 4.37. The van der Waals surface area contributed by atoms with Crippen LogP contribution in [0.5, 0.6) is 0 Å². The quantitative estimate of drug-likeness (QED) is 0.810. The number of hydrogen-bond acceptors (Lipinski definition) is 6. The van der Waals surface area contributed by atoms with Gasteiger partial charge in [-0.2, -0.15) is 0 Å². The SMILES string of the molecule is CC(C)(C)c1cc(NC(O)C2CCC(=O)N2c2ccc(Cl)cn2)on1. The van der Waals surface area contributed by atoms with Crippen molar-refractivity contribution in [3.05, 3.63) is 35.1 Å². The number of carbonyl (C=O) groups is 1. The Morgan fingerprint density at radius 3 is 2.80 bits per heavy atom. The van der Waals surface area contributed by atoms with E-state index in [1.54, 1.807) is 18.2 Å². The Balaban J connectivity index is 1.76. The fourth-order valence-corrected chi connectivity index (χ4v) is 2.86. The predicted octanol–water partition coefficient (Wildman–Crippen LogP) is 2.95. The number of nitrogens with one attached hydrogen (secondary N) is 1. The standard InChI is InChI=1S/C17H21ClN4O3/c1-17(2,3)12-8-14(25-21-12)20-16(24)11-5-7-15(23)22(11)13-6-4-10(18)9-19-13/h4,6,8-9,11,16,20,24H,5,7H2,1-3H3. The number of rotatable bonds is 4. The van der Waals surface area contributed by atoms with Gasteiger partial charge >= 0.3 is 0 Å². The van der Waals surface area contributed by atoms with Crippen molar-refractivity contribution in [3.63, 3.8) is 0 Å². The first-order chi connectivity index (χ1) is 11.8. The van der Waals surface area contributed by atoms with Crippen LogP contribution in [0.3, 0.4) is 0 Å². The van der Waals surface area contributed by atoms with Crippen LogP contribution < -0.4 is 10.2 Å². The van der Waals surface area contributed by atoms with Gasteiger partial charge in [-0.15, -0.1) is 0 Å². The van der Waals surface area contributed by atoms with E-state index in [2.05, 4.69) is 15.5 Å². The highest BCUT2D eigenvalue weighted by Crippen LogP contribution is 2.29. The van der Waals surface area contributed by atoms with E-state index in [0.717, 1.165) is 5.69 Å². The third-order valence-electron chi connectivity index (χ3n) is 4.15. The van der Waals surface area contributed by atoms with Crippen LogP contribution in [0.1, 0.15) is 39.3 Å². The summed E-state index contributed by atoms with van der Waals surface area (Å²) in [5.74, 6) is 0.736. The molecule has 1 aliphatic heterocycles. The van der Waals surface area contributed by atoms with Crippen molar-refractivity contribution in [1.29, 1.82) is 0 Å². The molecule has 2 aromatic rings. The van der Waals surface area contributed by atoms with E-state index in [1.165, 1.54) is 11.1 Å². The Morgan fingerprint density at radius 1 is 1.44 bits per heavy atom. The molecule has 1 amide bonds. The molecule has 0 spiro atoms. The number of halogens is 1. The second-order valence-corrected chi connectivity index (χ2v) is 7.56. The summed E-state index contributed by atoms with van der Waals surface area (Å²) >= 11 is 5.85. The first kappa shape index (κ1) is 17.7. The van der Waals surface area contributed by atoms with Gasteiger partial charge < -0.3 is 14.9 Å². The van der Waals surface area contributed by atoms with Crippen molar-refractivity contribution >= 4 is 29.2 Å². The summed E-state index contributed by atoms with van der Waals surface area (Å²) in [6.45, 7) is 6.07. The lowest BCUT2D eigenvalue weighted by Gasteiger charge is -2.28. The summed E-state index contributed by atoms with van der Waals surface area (Å²) in [7, 11) is 0.